The van der Waals surface area contributed by atoms with Crippen molar-refractivity contribution in [1.29, 1.82) is 0 Å². The number of nitrogens with zero attached hydrogens (tertiary/aromatic N) is 2. The van der Waals surface area contributed by atoms with Gasteiger partial charge in [0.05, 0.1) is 6.10 Å². The van der Waals surface area contributed by atoms with Gasteiger partial charge in [-0.1, -0.05) is 12.1 Å². The van der Waals surface area contributed by atoms with Gasteiger partial charge in [-0.05, 0) is 62.7 Å². The van der Waals surface area contributed by atoms with Crippen LogP contribution in [0.3, 0.4) is 0 Å². The Morgan fingerprint density at radius 2 is 1.72 bits per heavy atom. The summed E-state index contributed by atoms with van der Waals surface area (Å²) in [7, 11) is 0. The Morgan fingerprint density at radius 1 is 1.03 bits per heavy atom. The number of piperazine rings is 1. The summed E-state index contributed by atoms with van der Waals surface area (Å²) in [6, 6.07) is 15.4. The number of nitrogens with one attached hydrogen (secondary N) is 1. The first-order chi connectivity index (χ1) is 13.9. The van der Waals surface area contributed by atoms with Gasteiger partial charge in [-0.2, -0.15) is 0 Å². The number of ether oxygens (including phenoxy) is 1. The number of carbonyl (C=O) groups is 2. The molecule has 0 saturated carbocycles. The highest BCUT2D eigenvalue weighted by molar-refractivity contribution is 5.94. The summed E-state index contributed by atoms with van der Waals surface area (Å²) < 4.78 is 5.70. The monoisotopic (exact) mass is 395 g/mol. The molecule has 1 fully saturated rings. The first-order valence-electron chi connectivity index (χ1n) is 10.1. The summed E-state index contributed by atoms with van der Waals surface area (Å²) in [6.45, 7) is 8.89. The summed E-state index contributed by atoms with van der Waals surface area (Å²) in [5.41, 5.74) is 2.81. The first-order valence-corrected chi connectivity index (χ1v) is 10.1. The van der Waals surface area contributed by atoms with Gasteiger partial charge in [-0.3, -0.25) is 4.79 Å². The summed E-state index contributed by atoms with van der Waals surface area (Å²) >= 11 is 0. The molecule has 2 aromatic rings. The molecule has 6 heteroatoms. The van der Waals surface area contributed by atoms with Gasteiger partial charge in [0, 0.05) is 44.0 Å². The second-order valence-electron chi connectivity index (χ2n) is 7.55. The number of Topliss-reactive ketones (excluding diaryl/α,β-unsaturated/α-hetero) is 1. The van der Waals surface area contributed by atoms with E-state index in [9.17, 15) is 9.59 Å². The molecule has 2 aromatic carbocycles. The maximum Gasteiger partial charge on any atom is 0.317 e. The second kappa shape index (κ2) is 9.45. The quantitative estimate of drug-likeness (QED) is 0.758. The first kappa shape index (κ1) is 20.7. The topological polar surface area (TPSA) is 61.9 Å². The number of benzene rings is 2. The van der Waals surface area contributed by atoms with Crippen molar-refractivity contribution in [2.45, 2.75) is 33.4 Å². The predicted molar refractivity (Wildman–Crippen MR) is 115 cm³/mol. The van der Waals surface area contributed by atoms with Gasteiger partial charge in [-0.15, -0.1) is 0 Å². The zero-order valence-corrected chi connectivity index (χ0v) is 17.4. The lowest BCUT2D eigenvalue weighted by atomic mass is 10.1. The van der Waals surface area contributed by atoms with Crippen molar-refractivity contribution < 1.29 is 14.3 Å². The smallest absolute Gasteiger partial charge is 0.317 e. The zero-order chi connectivity index (χ0) is 20.8. The molecule has 0 aliphatic carbocycles. The third-order valence-corrected chi connectivity index (χ3v) is 4.92. The fourth-order valence-electron chi connectivity index (χ4n) is 3.37. The Bertz CT molecular complexity index is 841. The minimum Gasteiger partial charge on any atom is -0.491 e. The summed E-state index contributed by atoms with van der Waals surface area (Å²) in [6.07, 6.45) is 0.120. The summed E-state index contributed by atoms with van der Waals surface area (Å²) in [5, 5.41) is 3.00. The molecule has 1 saturated heterocycles. The summed E-state index contributed by atoms with van der Waals surface area (Å²) in [4.78, 5) is 28.0. The van der Waals surface area contributed by atoms with E-state index in [0.717, 1.165) is 35.7 Å². The Labute approximate surface area is 172 Å². The van der Waals surface area contributed by atoms with Crippen molar-refractivity contribution in [1.82, 2.24) is 10.2 Å². The van der Waals surface area contributed by atoms with Crippen LogP contribution in [0.15, 0.2) is 48.5 Å². The molecule has 1 heterocycles. The minimum absolute atomic E-state index is 0.0493. The number of ketones is 1. The molecule has 0 atom stereocenters. The lowest BCUT2D eigenvalue weighted by Crippen LogP contribution is -2.51. The van der Waals surface area contributed by atoms with E-state index in [2.05, 4.69) is 10.2 Å². The number of carbonyl (C=O) groups excluding carboxylic acids is 2. The van der Waals surface area contributed by atoms with Gasteiger partial charge in [0.1, 0.15) is 5.75 Å². The van der Waals surface area contributed by atoms with Crippen LogP contribution in [0, 0.1) is 0 Å². The molecule has 29 heavy (non-hydrogen) atoms. The second-order valence-corrected chi connectivity index (χ2v) is 7.55. The van der Waals surface area contributed by atoms with E-state index < -0.39 is 0 Å². The largest absolute Gasteiger partial charge is 0.491 e. The lowest BCUT2D eigenvalue weighted by Gasteiger charge is -2.36. The Hall–Kier alpha value is -3.02. The van der Waals surface area contributed by atoms with Crippen LogP contribution >= 0.6 is 0 Å². The van der Waals surface area contributed by atoms with Crippen LogP contribution in [0.25, 0.3) is 0 Å². The highest BCUT2D eigenvalue weighted by Gasteiger charge is 2.21. The van der Waals surface area contributed by atoms with Crippen molar-refractivity contribution in [3.63, 3.8) is 0 Å². The average molecular weight is 396 g/mol. The van der Waals surface area contributed by atoms with Crippen LogP contribution in [0.1, 0.15) is 36.7 Å². The van der Waals surface area contributed by atoms with Gasteiger partial charge >= 0.3 is 6.03 Å². The van der Waals surface area contributed by atoms with Crippen molar-refractivity contribution in [3.8, 4) is 5.75 Å². The zero-order valence-electron chi connectivity index (χ0n) is 17.4. The van der Waals surface area contributed by atoms with E-state index in [0.29, 0.717) is 19.6 Å². The van der Waals surface area contributed by atoms with E-state index in [1.807, 2.05) is 67.3 Å². The highest BCUT2D eigenvalue weighted by Crippen LogP contribution is 2.18. The van der Waals surface area contributed by atoms with Crippen molar-refractivity contribution >= 4 is 17.5 Å². The maximum atomic E-state index is 12.5. The SMILES string of the molecule is CC(=O)c1ccc(N2CCN(C(=O)NCc3cccc(OC(C)C)c3)CC2)cc1. The average Bonchev–Trinajstić information content (AvgIpc) is 2.72. The molecule has 0 spiro atoms. The Morgan fingerprint density at radius 3 is 2.34 bits per heavy atom. The van der Waals surface area contributed by atoms with Gasteiger partial charge < -0.3 is 19.9 Å². The standard InChI is InChI=1S/C23H29N3O3/c1-17(2)29-22-6-4-5-19(15-22)16-24-23(28)26-13-11-25(12-14-26)21-9-7-20(8-10-21)18(3)27/h4-10,15,17H,11-14,16H2,1-3H3,(H,24,28). The molecule has 1 aliphatic heterocycles. The Kier molecular flexibility index (Phi) is 6.75. The molecular formula is C23H29N3O3. The van der Waals surface area contributed by atoms with Gasteiger partial charge in [0.25, 0.3) is 0 Å². The van der Waals surface area contributed by atoms with Crippen molar-refractivity contribution in [3.05, 3.63) is 59.7 Å². The van der Waals surface area contributed by atoms with Gasteiger partial charge in [0.15, 0.2) is 5.78 Å². The van der Waals surface area contributed by atoms with E-state index in [4.69, 9.17) is 4.74 Å². The van der Waals surface area contributed by atoms with Crippen LogP contribution in [0.5, 0.6) is 5.75 Å². The molecule has 0 aromatic heterocycles. The van der Waals surface area contributed by atoms with Crippen LogP contribution in [-0.4, -0.2) is 49.0 Å². The van der Waals surface area contributed by atoms with E-state index >= 15 is 0 Å². The number of rotatable bonds is 6. The molecule has 0 unspecified atom stereocenters. The maximum absolute atomic E-state index is 12.5. The Balaban J connectivity index is 1.48. The van der Waals surface area contributed by atoms with E-state index in [1.54, 1.807) is 6.92 Å². The van der Waals surface area contributed by atoms with Gasteiger partial charge in [-0.25, -0.2) is 4.79 Å². The van der Waals surface area contributed by atoms with Crippen molar-refractivity contribution in [2.24, 2.45) is 0 Å². The normalized spacial score (nSPS) is 14.1. The van der Waals surface area contributed by atoms with Crippen LogP contribution in [0.2, 0.25) is 0 Å². The van der Waals surface area contributed by atoms with Crippen molar-refractivity contribution in [2.75, 3.05) is 31.1 Å². The molecule has 154 valence electrons. The molecule has 0 radical (unpaired) electrons. The predicted octanol–water partition coefficient (Wildman–Crippen LogP) is 3.71. The summed E-state index contributed by atoms with van der Waals surface area (Å²) in [5.74, 6) is 0.885. The fraction of sp³-hybridized carbons (Fsp3) is 0.391. The highest BCUT2D eigenvalue weighted by atomic mass is 16.5. The minimum atomic E-state index is -0.0493. The molecule has 0 bridgehead atoms. The number of urea groups is 1. The molecule has 6 nitrogen and oxygen atoms in total. The molecule has 1 N–H and O–H groups in total. The molecule has 2 amide bonds. The third kappa shape index (κ3) is 5.73. The number of hydrogen-bond acceptors (Lipinski definition) is 4. The third-order valence-electron chi connectivity index (χ3n) is 4.92. The lowest BCUT2D eigenvalue weighted by molar-refractivity contribution is 0.101. The molecule has 3 rings (SSSR count). The molecular weight excluding hydrogens is 366 g/mol. The van der Waals surface area contributed by atoms with Crippen LogP contribution in [-0.2, 0) is 6.54 Å². The number of hydrogen-bond donors (Lipinski definition) is 1. The van der Waals surface area contributed by atoms with Crippen LogP contribution < -0.4 is 15.0 Å². The van der Waals surface area contributed by atoms with Gasteiger partial charge in [0.2, 0.25) is 0 Å². The molecule has 1 aliphatic rings. The number of anilines is 1. The van der Waals surface area contributed by atoms with E-state index in [-0.39, 0.29) is 17.9 Å². The van der Waals surface area contributed by atoms with E-state index in [1.165, 1.54) is 0 Å². The fourth-order valence-corrected chi connectivity index (χ4v) is 3.37. The van der Waals surface area contributed by atoms with Crippen LogP contribution in [0.4, 0.5) is 10.5 Å². The number of amides is 2.